The highest BCUT2D eigenvalue weighted by Crippen LogP contribution is 2.45. The number of esters is 1. The zero-order valence-electron chi connectivity index (χ0n) is 18.9. The summed E-state index contributed by atoms with van der Waals surface area (Å²) in [7, 11) is 1.60. The standard InChI is InChI=1S/C27H24FNO4/c1-15-6-7-20(13-23(15)33-27(31)19-8-10-21(28)11-9-19)25-18(4)26(30)29(25)22-12-16(2)17(3)24(14-22)32-5/h6-14,25H,4H2,1-3,5H3/t25-/m1/s1. The molecule has 1 amide bonds. The lowest BCUT2D eigenvalue weighted by Gasteiger charge is -2.43. The second-order valence-corrected chi connectivity index (χ2v) is 8.11. The number of halogens is 1. The van der Waals surface area contributed by atoms with Gasteiger partial charge in [-0.15, -0.1) is 0 Å². The zero-order chi connectivity index (χ0) is 23.9. The largest absolute Gasteiger partial charge is 0.496 e. The SMILES string of the molecule is C=C1C(=O)N(c2cc(C)c(C)c(OC)c2)[C@H]1c1ccc(C)c(OC(=O)c2ccc(F)cc2)c1. The smallest absolute Gasteiger partial charge is 0.343 e. The predicted molar refractivity (Wildman–Crippen MR) is 124 cm³/mol. The van der Waals surface area contributed by atoms with Gasteiger partial charge in [-0.05, 0) is 79.4 Å². The van der Waals surface area contributed by atoms with Crippen LogP contribution < -0.4 is 14.4 Å². The van der Waals surface area contributed by atoms with Gasteiger partial charge in [-0.1, -0.05) is 18.7 Å². The minimum absolute atomic E-state index is 0.171. The third-order valence-electron chi connectivity index (χ3n) is 5.99. The maximum absolute atomic E-state index is 13.2. The van der Waals surface area contributed by atoms with Crippen molar-refractivity contribution in [1.29, 1.82) is 0 Å². The molecule has 1 heterocycles. The molecule has 6 heteroatoms. The summed E-state index contributed by atoms with van der Waals surface area (Å²) < 4.78 is 24.2. The van der Waals surface area contributed by atoms with E-state index in [2.05, 4.69) is 6.58 Å². The summed E-state index contributed by atoms with van der Waals surface area (Å²) in [5.41, 5.74) is 4.94. The normalized spacial score (nSPS) is 15.3. The lowest BCUT2D eigenvalue weighted by molar-refractivity contribution is -0.119. The topological polar surface area (TPSA) is 55.8 Å². The summed E-state index contributed by atoms with van der Waals surface area (Å²) in [5.74, 6) is -0.121. The van der Waals surface area contributed by atoms with Gasteiger partial charge in [0.05, 0.1) is 18.7 Å². The van der Waals surface area contributed by atoms with E-state index in [1.165, 1.54) is 24.3 Å². The number of carbonyl (C=O) groups is 2. The number of hydrogen-bond donors (Lipinski definition) is 0. The van der Waals surface area contributed by atoms with Crippen molar-refractivity contribution < 1.29 is 23.5 Å². The first-order valence-corrected chi connectivity index (χ1v) is 10.5. The molecule has 0 spiro atoms. The van der Waals surface area contributed by atoms with E-state index in [-0.39, 0.29) is 11.5 Å². The Hall–Kier alpha value is -3.93. The molecule has 0 N–H and O–H groups in total. The van der Waals surface area contributed by atoms with Gasteiger partial charge in [0, 0.05) is 17.3 Å². The Balaban J connectivity index is 1.66. The fourth-order valence-corrected chi connectivity index (χ4v) is 3.90. The lowest BCUT2D eigenvalue weighted by atomic mass is 9.87. The minimum atomic E-state index is -0.588. The Kier molecular flexibility index (Phi) is 5.77. The minimum Gasteiger partial charge on any atom is -0.496 e. The van der Waals surface area contributed by atoms with Crippen molar-refractivity contribution in [3.05, 3.63) is 100 Å². The molecule has 0 bridgehead atoms. The van der Waals surface area contributed by atoms with E-state index in [4.69, 9.17) is 9.47 Å². The molecule has 33 heavy (non-hydrogen) atoms. The van der Waals surface area contributed by atoms with Crippen molar-refractivity contribution in [2.24, 2.45) is 0 Å². The van der Waals surface area contributed by atoms with Crippen LogP contribution in [-0.2, 0) is 4.79 Å². The molecule has 0 aromatic heterocycles. The molecule has 1 aliphatic heterocycles. The number of β-lactam (4-membered cyclic amide) rings is 1. The van der Waals surface area contributed by atoms with Gasteiger partial charge in [-0.25, -0.2) is 9.18 Å². The number of methoxy groups -OCH3 is 1. The molecule has 0 unspecified atom stereocenters. The molecule has 3 aromatic carbocycles. The Labute approximate surface area is 192 Å². The number of amides is 1. The van der Waals surface area contributed by atoms with E-state index in [9.17, 15) is 14.0 Å². The zero-order valence-corrected chi connectivity index (χ0v) is 18.9. The van der Waals surface area contributed by atoms with Crippen molar-refractivity contribution in [2.45, 2.75) is 26.8 Å². The summed E-state index contributed by atoms with van der Waals surface area (Å²) in [5, 5.41) is 0. The molecule has 0 radical (unpaired) electrons. The van der Waals surface area contributed by atoms with Gasteiger partial charge in [0.2, 0.25) is 0 Å². The number of carbonyl (C=O) groups excluding carboxylic acids is 2. The number of rotatable bonds is 5. The summed E-state index contributed by atoms with van der Waals surface area (Å²) in [6.45, 7) is 9.72. The molecule has 0 aliphatic carbocycles. The second-order valence-electron chi connectivity index (χ2n) is 8.11. The highest BCUT2D eigenvalue weighted by molar-refractivity contribution is 6.15. The maximum atomic E-state index is 13.2. The molecule has 1 fully saturated rings. The quantitative estimate of drug-likeness (QED) is 0.221. The van der Waals surface area contributed by atoms with Crippen molar-refractivity contribution in [3.63, 3.8) is 0 Å². The lowest BCUT2D eigenvalue weighted by Crippen LogP contribution is -2.48. The fourth-order valence-electron chi connectivity index (χ4n) is 3.90. The monoisotopic (exact) mass is 445 g/mol. The van der Waals surface area contributed by atoms with Crippen molar-refractivity contribution in [1.82, 2.24) is 0 Å². The molecule has 0 saturated carbocycles. The Bertz CT molecular complexity index is 1280. The van der Waals surface area contributed by atoms with Gasteiger partial charge < -0.3 is 9.47 Å². The number of anilines is 1. The Morgan fingerprint density at radius 2 is 1.67 bits per heavy atom. The second kappa shape index (κ2) is 8.54. The van der Waals surface area contributed by atoms with E-state index in [1.54, 1.807) is 18.1 Å². The van der Waals surface area contributed by atoms with Crippen molar-refractivity contribution in [2.75, 3.05) is 12.0 Å². The van der Waals surface area contributed by atoms with Crippen LogP contribution in [0.2, 0.25) is 0 Å². The average molecular weight is 445 g/mol. The molecule has 4 rings (SSSR count). The first-order chi connectivity index (χ1) is 15.7. The molecule has 1 atom stereocenters. The van der Waals surface area contributed by atoms with Gasteiger partial charge in [0.1, 0.15) is 17.3 Å². The summed E-state index contributed by atoms with van der Waals surface area (Å²) in [4.78, 5) is 27.0. The van der Waals surface area contributed by atoms with Crippen LogP contribution in [0.5, 0.6) is 11.5 Å². The van der Waals surface area contributed by atoms with E-state index in [1.807, 2.05) is 45.0 Å². The van der Waals surface area contributed by atoms with Crippen LogP contribution >= 0.6 is 0 Å². The Morgan fingerprint density at radius 1 is 0.970 bits per heavy atom. The first-order valence-electron chi connectivity index (χ1n) is 10.5. The third kappa shape index (κ3) is 4.00. The molecule has 5 nitrogen and oxygen atoms in total. The van der Waals surface area contributed by atoms with Crippen LogP contribution in [0, 0.1) is 26.6 Å². The Morgan fingerprint density at radius 3 is 2.33 bits per heavy atom. The van der Waals surface area contributed by atoms with Gasteiger partial charge >= 0.3 is 5.97 Å². The van der Waals surface area contributed by atoms with Crippen LogP contribution in [0.4, 0.5) is 10.1 Å². The molecule has 1 saturated heterocycles. The molecule has 1 aliphatic rings. The van der Waals surface area contributed by atoms with Gasteiger partial charge in [-0.2, -0.15) is 0 Å². The number of hydrogen-bond acceptors (Lipinski definition) is 4. The first kappa shape index (κ1) is 22.3. The number of aryl methyl sites for hydroxylation is 2. The van der Waals surface area contributed by atoms with Gasteiger partial charge in [-0.3, -0.25) is 9.69 Å². The number of benzene rings is 3. The molecular weight excluding hydrogens is 421 g/mol. The average Bonchev–Trinajstić information content (AvgIpc) is 2.80. The van der Waals surface area contributed by atoms with Gasteiger partial charge in [0.15, 0.2) is 0 Å². The molecule has 3 aromatic rings. The fraction of sp³-hybridized carbons (Fsp3) is 0.185. The third-order valence-corrected chi connectivity index (χ3v) is 5.99. The van der Waals surface area contributed by atoms with Crippen LogP contribution in [0.1, 0.15) is 38.7 Å². The van der Waals surface area contributed by atoms with Crippen molar-refractivity contribution in [3.8, 4) is 11.5 Å². The summed E-state index contributed by atoms with van der Waals surface area (Å²) in [6, 6.07) is 14.0. The predicted octanol–water partition coefficient (Wildman–Crippen LogP) is 5.62. The van der Waals surface area contributed by atoms with Crippen LogP contribution in [0.15, 0.2) is 66.7 Å². The molecular formula is C27H24FNO4. The van der Waals surface area contributed by atoms with E-state index >= 15 is 0 Å². The van der Waals surface area contributed by atoms with E-state index < -0.39 is 17.8 Å². The van der Waals surface area contributed by atoms with Crippen LogP contribution in [-0.4, -0.2) is 19.0 Å². The van der Waals surface area contributed by atoms with E-state index in [0.717, 1.165) is 22.3 Å². The van der Waals surface area contributed by atoms with Gasteiger partial charge in [0.25, 0.3) is 5.91 Å². The van der Waals surface area contributed by atoms with Crippen molar-refractivity contribution >= 4 is 17.6 Å². The summed E-state index contributed by atoms with van der Waals surface area (Å²) >= 11 is 0. The van der Waals surface area contributed by atoms with Crippen LogP contribution in [0.25, 0.3) is 0 Å². The highest BCUT2D eigenvalue weighted by Gasteiger charge is 2.43. The van der Waals surface area contributed by atoms with Crippen LogP contribution in [0.3, 0.4) is 0 Å². The number of nitrogens with zero attached hydrogens (tertiary/aromatic N) is 1. The summed E-state index contributed by atoms with van der Waals surface area (Å²) in [6.07, 6.45) is 0. The maximum Gasteiger partial charge on any atom is 0.343 e. The van der Waals surface area contributed by atoms with E-state index in [0.29, 0.717) is 22.8 Å². The highest BCUT2D eigenvalue weighted by atomic mass is 19.1. The number of ether oxygens (including phenoxy) is 2. The molecule has 168 valence electrons.